The molecular weight excluding hydrogens is 503 g/mol. The maximum atomic E-state index is 13.7. The Balaban J connectivity index is 1.66. The van der Waals surface area contributed by atoms with Crippen LogP contribution in [0.1, 0.15) is 16.7 Å². The Morgan fingerprint density at radius 1 is 1.06 bits per heavy atom. The highest BCUT2D eigenvalue weighted by Crippen LogP contribution is 2.36. The fraction of sp³-hybridized carbons (Fsp3) is 0.0870. The third kappa shape index (κ3) is 5.61. The second-order valence-corrected chi connectivity index (χ2v) is 7.79. The SMILES string of the molecule is O=C(Nc1cccc(Cl)c1)ONC1=Nc2ccc([N+](=O)[O-])cc2C(c2ccccc2C(F)(F)F)=NC1. The number of hydrogen-bond donors (Lipinski definition) is 2. The van der Waals surface area contributed by atoms with Gasteiger partial charge in [0.15, 0.2) is 5.84 Å². The number of rotatable bonds is 3. The molecule has 4 rings (SSSR count). The van der Waals surface area contributed by atoms with Crippen molar-refractivity contribution in [2.24, 2.45) is 9.98 Å². The Hall–Kier alpha value is -4.45. The molecule has 0 unspecified atom stereocenters. The van der Waals surface area contributed by atoms with Crippen LogP contribution < -0.4 is 10.8 Å². The van der Waals surface area contributed by atoms with Gasteiger partial charge in [0.05, 0.1) is 21.9 Å². The predicted molar refractivity (Wildman–Crippen MR) is 127 cm³/mol. The van der Waals surface area contributed by atoms with Gasteiger partial charge >= 0.3 is 12.3 Å². The zero-order valence-corrected chi connectivity index (χ0v) is 18.8. The van der Waals surface area contributed by atoms with E-state index in [9.17, 15) is 28.1 Å². The summed E-state index contributed by atoms with van der Waals surface area (Å²) < 4.78 is 41.1. The van der Waals surface area contributed by atoms with Crippen molar-refractivity contribution in [1.82, 2.24) is 5.48 Å². The molecule has 36 heavy (non-hydrogen) atoms. The van der Waals surface area contributed by atoms with E-state index in [2.05, 4.69) is 20.8 Å². The Morgan fingerprint density at radius 2 is 1.83 bits per heavy atom. The molecule has 3 aromatic rings. The van der Waals surface area contributed by atoms with Gasteiger partial charge in [0.2, 0.25) is 0 Å². The van der Waals surface area contributed by atoms with Gasteiger partial charge in [-0.05, 0) is 30.3 Å². The first-order valence-electron chi connectivity index (χ1n) is 10.2. The molecule has 0 saturated carbocycles. The number of hydroxylamine groups is 1. The van der Waals surface area contributed by atoms with E-state index < -0.39 is 22.8 Å². The summed E-state index contributed by atoms with van der Waals surface area (Å²) in [4.78, 5) is 36.2. The Bertz CT molecular complexity index is 1410. The first-order chi connectivity index (χ1) is 17.1. The lowest BCUT2D eigenvalue weighted by Gasteiger charge is -2.15. The fourth-order valence-electron chi connectivity index (χ4n) is 3.38. The number of nitro benzene ring substituents is 1. The van der Waals surface area contributed by atoms with Crippen molar-refractivity contribution < 1.29 is 27.7 Å². The van der Waals surface area contributed by atoms with Gasteiger partial charge in [-0.3, -0.25) is 20.4 Å². The predicted octanol–water partition coefficient (Wildman–Crippen LogP) is 5.90. The van der Waals surface area contributed by atoms with Crippen LogP contribution in [0.2, 0.25) is 5.02 Å². The number of alkyl halides is 3. The van der Waals surface area contributed by atoms with Crippen LogP contribution in [0, 0.1) is 10.1 Å². The minimum absolute atomic E-state index is 0.0149. The molecule has 0 aromatic heterocycles. The molecule has 184 valence electrons. The van der Waals surface area contributed by atoms with Crippen molar-refractivity contribution in [3.63, 3.8) is 0 Å². The van der Waals surface area contributed by atoms with Crippen LogP contribution >= 0.6 is 11.6 Å². The summed E-state index contributed by atoms with van der Waals surface area (Å²) in [6.07, 6.45) is -5.62. The quantitative estimate of drug-likeness (QED) is 0.331. The van der Waals surface area contributed by atoms with Crippen LogP contribution in [0.3, 0.4) is 0 Å². The number of hydrogen-bond acceptors (Lipinski definition) is 7. The van der Waals surface area contributed by atoms with Gasteiger partial charge < -0.3 is 4.84 Å². The summed E-state index contributed by atoms with van der Waals surface area (Å²) in [7, 11) is 0. The van der Waals surface area contributed by atoms with E-state index >= 15 is 0 Å². The van der Waals surface area contributed by atoms with Gasteiger partial charge in [-0.15, -0.1) is 0 Å². The molecule has 3 aromatic carbocycles. The van der Waals surface area contributed by atoms with Crippen LogP contribution in [0.15, 0.2) is 76.7 Å². The molecule has 0 atom stereocenters. The molecule has 13 heteroatoms. The standard InChI is InChI=1S/C23H15ClF3N5O4/c24-13-4-3-5-14(10-13)29-22(33)36-31-20-12-28-21(16-6-1-2-7-18(16)23(25,26)27)17-11-15(32(34)35)8-9-19(17)30-20/h1-11H,12H2,(H,29,33)(H,30,31). The summed E-state index contributed by atoms with van der Waals surface area (Å²) in [5.74, 6) is -0.0224. The average Bonchev–Trinajstić information content (AvgIpc) is 3.01. The van der Waals surface area contributed by atoms with Crippen LogP contribution in [0.4, 0.5) is 35.0 Å². The molecule has 0 spiro atoms. The summed E-state index contributed by atoms with van der Waals surface area (Å²) in [6, 6.07) is 14.6. The van der Waals surface area contributed by atoms with E-state index in [4.69, 9.17) is 16.4 Å². The molecule has 0 bridgehead atoms. The zero-order valence-electron chi connectivity index (χ0n) is 18.0. The summed E-state index contributed by atoms with van der Waals surface area (Å²) in [5, 5.41) is 14.1. The largest absolute Gasteiger partial charge is 0.435 e. The second-order valence-electron chi connectivity index (χ2n) is 7.35. The molecule has 1 aliphatic heterocycles. The van der Waals surface area contributed by atoms with Crippen molar-refractivity contribution >= 4 is 46.3 Å². The topological polar surface area (TPSA) is 118 Å². The van der Waals surface area contributed by atoms with Crippen LogP contribution in [0.5, 0.6) is 0 Å². The van der Waals surface area contributed by atoms with Crippen molar-refractivity contribution in [3.05, 3.63) is 98.6 Å². The lowest BCUT2D eigenvalue weighted by Crippen LogP contribution is -2.31. The van der Waals surface area contributed by atoms with Crippen LogP contribution in [-0.2, 0) is 11.0 Å². The van der Waals surface area contributed by atoms with E-state index in [0.717, 1.165) is 18.2 Å². The monoisotopic (exact) mass is 517 g/mol. The van der Waals surface area contributed by atoms with Gasteiger partial charge in [0, 0.05) is 34.0 Å². The Labute approximate surface area is 206 Å². The number of nitro groups is 1. The highest BCUT2D eigenvalue weighted by molar-refractivity contribution is 6.30. The number of nitrogens with zero attached hydrogens (tertiary/aromatic N) is 3. The van der Waals surface area contributed by atoms with Crippen molar-refractivity contribution in [2.45, 2.75) is 6.18 Å². The first-order valence-corrected chi connectivity index (χ1v) is 10.6. The molecule has 9 nitrogen and oxygen atoms in total. The minimum Gasteiger partial charge on any atom is -0.323 e. The smallest absolute Gasteiger partial charge is 0.323 e. The van der Waals surface area contributed by atoms with Gasteiger partial charge in [-0.2, -0.15) is 13.2 Å². The second kappa shape index (κ2) is 10.0. The lowest BCUT2D eigenvalue weighted by molar-refractivity contribution is -0.384. The summed E-state index contributed by atoms with van der Waals surface area (Å²) in [5.41, 5.74) is 1.06. The molecular formula is C23H15ClF3N5O4. The number of benzene rings is 3. The number of nitrogens with one attached hydrogen (secondary N) is 2. The van der Waals surface area contributed by atoms with Gasteiger partial charge in [0.25, 0.3) is 5.69 Å². The van der Waals surface area contributed by atoms with Gasteiger partial charge in [-0.1, -0.05) is 35.9 Å². The first kappa shape index (κ1) is 24.7. The maximum absolute atomic E-state index is 13.7. The minimum atomic E-state index is -4.70. The number of fused-ring (bicyclic) bond motifs is 1. The number of anilines is 1. The van der Waals surface area contributed by atoms with Gasteiger partial charge in [-0.25, -0.2) is 15.3 Å². The molecule has 0 radical (unpaired) electrons. The van der Waals surface area contributed by atoms with Crippen molar-refractivity contribution in [1.29, 1.82) is 0 Å². The number of halogens is 4. The van der Waals surface area contributed by atoms with E-state index in [1.807, 2.05) is 0 Å². The zero-order chi connectivity index (χ0) is 25.9. The molecule has 0 aliphatic carbocycles. The fourth-order valence-corrected chi connectivity index (χ4v) is 3.57. The van der Waals surface area contributed by atoms with E-state index in [0.29, 0.717) is 10.7 Å². The van der Waals surface area contributed by atoms with Crippen molar-refractivity contribution in [3.8, 4) is 0 Å². The highest BCUT2D eigenvalue weighted by atomic mass is 35.5. The molecule has 1 amide bonds. The molecule has 0 fully saturated rings. The normalized spacial score (nSPS) is 13.0. The van der Waals surface area contributed by atoms with E-state index in [1.165, 1.54) is 30.3 Å². The number of aliphatic imine (C=N–C) groups is 2. The maximum Gasteiger partial charge on any atom is 0.435 e. The number of carbonyl (C=O) groups is 1. The lowest BCUT2D eigenvalue weighted by atomic mass is 9.95. The van der Waals surface area contributed by atoms with Gasteiger partial charge in [0.1, 0.15) is 6.54 Å². The van der Waals surface area contributed by atoms with E-state index in [1.54, 1.807) is 18.2 Å². The number of amidine groups is 1. The van der Waals surface area contributed by atoms with Crippen LogP contribution in [0.25, 0.3) is 0 Å². The van der Waals surface area contributed by atoms with E-state index in [-0.39, 0.29) is 40.6 Å². The molecule has 0 saturated heterocycles. The summed E-state index contributed by atoms with van der Waals surface area (Å²) >= 11 is 5.87. The molecule has 1 aliphatic rings. The number of carbonyl (C=O) groups excluding carboxylic acids is 1. The molecule has 1 heterocycles. The number of amides is 1. The number of non-ortho nitro benzene ring substituents is 1. The van der Waals surface area contributed by atoms with Crippen molar-refractivity contribution in [2.75, 3.05) is 11.9 Å². The highest BCUT2D eigenvalue weighted by Gasteiger charge is 2.35. The van der Waals surface area contributed by atoms with Crippen LogP contribution in [-0.4, -0.2) is 29.1 Å². The third-order valence-electron chi connectivity index (χ3n) is 4.91. The Kier molecular flexibility index (Phi) is 6.88. The Morgan fingerprint density at radius 3 is 2.56 bits per heavy atom. The summed E-state index contributed by atoms with van der Waals surface area (Å²) in [6.45, 7) is -0.311. The average molecular weight is 518 g/mol. The molecule has 2 N–H and O–H groups in total. The third-order valence-corrected chi connectivity index (χ3v) is 5.14.